The fourth-order valence-corrected chi connectivity index (χ4v) is 2.80. The zero-order chi connectivity index (χ0) is 13.6. The van der Waals surface area contributed by atoms with E-state index in [1.54, 1.807) is 0 Å². The minimum absolute atomic E-state index is 0.114. The van der Waals surface area contributed by atoms with Crippen molar-refractivity contribution in [3.63, 3.8) is 0 Å². The highest BCUT2D eigenvalue weighted by Gasteiger charge is 2.47. The lowest BCUT2D eigenvalue weighted by Gasteiger charge is -2.43. The van der Waals surface area contributed by atoms with Gasteiger partial charge in [-0.15, -0.1) is 0 Å². The first-order valence-corrected chi connectivity index (χ1v) is 6.54. The van der Waals surface area contributed by atoms with Crippen LogP contribution >= 0.6 is 0 Å². The van der Waals surface area contributed by atoms with Gasteiger partial charge >= 0.3 is 5.97 Å². The second kappa shape index (κ2) is 6.61. The van der Waals surface area contributed by atoms with Gasteiger partial charge < -0.3 is 10.4 Å². The summed E-state index contributed by atoms with van der Waals surface area (Å²) < 4.78 is 0. The summed E-state index contributed by atoms with van der Waals surface area (Å²) in [5, 5.41) is 16.2. The SMILES string of the molecule is CC1CCCC(NCCCN=[N+]=[N-])(C(=O)O)C1C. The van der Waals surface area contributed by atoms with Crippen LogP contribution in [0.15, 0.2) is 5.11 Å². The number of hydrogen-bond donors (Lipinski definition) is 2. The third kappa shape index (κ3) is 3.15. The molecule has 0 amide bonds. The molecule has 18 heavy (non-hydrogen) atoms. The molecule has 1 aliphatic carbocycles. The molecule has 1 aliphatic rings. The first-order chi connectivity index (χ1) is 8.54. The van der Waals surface area contributed by atoms with Gasteiger partial charge in [-0.2, -0.15) is 0 Å². The summed E-state index contributed by atoms with van der Waals surface area (Å²) in [6.45, 7) is 5.10. The predicted octanol–water partition coefficient (Wildman–Crippen LogP) is 2.56. The molecule has 0 saturated heterocycles. The summed E-state index contributed by atoms with van der Waals surface area (Å²) >= 11 is 0. The topological polar surface area (TPSA) is 98.1 Å². The third-order valence-electron chi connectivity index (χ3n) is 4.18. The van der Waals surface area contributed by atoms with Crippen LogP contribution in [-0.2, 0) is 4.79 Å². The molecule has 0 heterocycles. The molecule has 1 saturated carbocycles. The number of aliphatic carboxylic acids is 1. The van der Waals surface area contributed by atoms with E-state index in [1.165, 1.54) is 0 Å². The smallest absolute Gasteiger partial charge is 0.324 e. The van der Waals surface area contributed by atoms with E-state index in [2.05, 4.69) is 22.3 Å². The van der Waals surface area contributed by atoms with Crippen molar-refractivity contribution in [2.24, 2.45) is 17.0 Å². The average molecular weight is 254 g/mol. The second-order valence-corrected chi connectivity index (χ2v) is 5.17. The van der Waals surface area contributed by atoms with E-state index in [1.807, 2.05) is 6.92 Å². The summed E-state index contributed by atoms with van der Waals surface area (Å²) in [5.74, 6) is -0.229. The van der Waals surface area contributed by atoms with Gasteiger partial charge in [0.05, 0.1) is 0 Å². The lowest BCUT2D eigenvalue weighted by Crippen LogP contribution is -2.60. The molecule has 1 rings (SSSR count). The third-order valence-corrected chi connectivity index (χ3v) is 4.18. The van der Waals surface area contributed by atoms with E-state index >= 15 is 0 Å². The second-order valence-electron chi connectivity index (χ2n) is 5.17. The zero-order valence-corrected chi connectivity index (χ0v) is 11.1. The Balaban J connectivity index is 2.62. The van der Waals surface area contributed by atoms with Crippen LogP contribution in [0, 0.1) is 11.8 Å². The van der Waals surface area contributed by atoms with Gasteiger partial charge in [-0.05, 0) is 36.8 Å². The normalized spacial score (nSPS) is 31.7. The van der Waals surface area contributed by atoms with Crippen molar-refractivity contribution in [1.82, 2.24) is 5.32 Å². The predicted molar refractivity (Wildman–Crippen MR) is 69.2 cm³/mol. The zero-order valence-electron chi connectivity index (χ0n) is 11.1. The Hall–Kier alpha value is -1.26. The molecule has 0 aromatic carbocycles. The molecule has 0 aliphatic heterocycles. The highest BCUT2D eigenvalue weighted by atomic mass is 16.4. The molecule has 102 valence electrons. The van der Waals surface area contributed by atoms with E-state index in [9.17, 15) is 9.90 Å². The fraction of sp³-hybridized carbons (Fsp3) is 0.917. The number of nitrogens with zero attached hydrogens (tertiary/aromatic N) is 3. The van der Waals surface area contributed by atoms with Crippen LogP contribution in [0.3, 0.4) is 0 Å². The van der Waals surface area contributed by atoms with Gasteiger partial charge in [0, 0.05) is 11.5 Å². The summed E-state index contributed by atoms with van der Waals surface area (Å²) in [6.07, 6.45) is 3.38. The number of azide groups is 1. The summed E-state index contributed by atoms with van der Waals surface area (Å²) in [6, 6.07) is 0. The first-order valence-electron chi connectivity index (χ1n) is 6.54. The lowest BCUT2D eigenvalue weighted by molar-refractivity contribution is -0.150. The van der Waals surface area contributed by atoms with Gasteiger partial charge in [0.25, 0.3) is 0 Å². The molecule has 2 N–H and O–H groups in total. The van der Waals surface area contributed by atoms with Crippen LogP contribution in [0.2, 0.25) is 0 Å². The van der Waals surface area contributed by atoms with Crippen LogP contribution in [0.1, 0.15) is 39.5 Å². The quantitative estimate of drug-likeness (QED) is 0.330. The molecule has 0 radical (unpaired) electrons. The lowest BCUT2D eigenvalue weighted by atomic mass is 9.68. The first kappa shape index (κ1) is 14.8. The fourth-order valence-electron chi connectivity index (χ4n) is 2.80. The highest BCUT2D eigenvalue weighted by molar-refractivity contribution is 5.79. The van der Waals surface area contributed by atoms with Crippen molar-refractivity contribution in [2.75, 3.05) is 13.1 Å². The van der Waals surface area contributed by atoms with Crippen molar-refractivity contribution < 1.29 is 9.90 Å². The number of rotatable bonds is 6. The molecular formula is C12H22N4O2. The largest absolute Gasteiger partial charge is 0.480 e. The Morgan fingerprint density at radius 2 is 2.33 bits per heavy atom. The number of carbonyl (C=O) groups is 1. The van der Waals surface area contributed by atoms with Gasteiger partial charge in [0.2, 0.25) is 0 Å². The number of carboxylic acid groups (broad SMARTS) is 1. The van der Waals surface area contributed by atoms with Crippen LogP contribution in [-0.4, -0.2) is 29.7 Å². The Morgan fingerprint density at radius 1 is 1.61 bits per heavy atom. The minimum Gasteiger partial charge on any atom is -0.480 e. The Morgan fingerprint density at radius 3 is 2.94 bits per heavy atom. The maximum Gasteiger partial charge on any atom is 0.324 e. The Labute approximate surface area is 107 Å². The summed E-state index contributed by atoms with van der Waals surface area (Å²) in [7, 11) is 0. The van der Waals surface area contributed by atoms with Crippen molar-refractivity contribution >= 4 is 5.97 Å². The molecule has 6 heteroatoms. The molecule has 0 bridgehead atoms. The Kier molecular flexibility index (Phi) is 5.44. The van der Waals surface area contributed by atoms with Gasteiger partial charge in [-0.3, -0.25) is 4.79 Å². The Bertz CT molecular complexity index is 341. The van der Waals surface area contributed by atoms with E-state index in [4.69, 9.17) is 5.53 Å². The van der Waals surface area contributed by atoms with E-state index < -0.39 is 11.5 Å². The van der Waals surface area contributed by atoms with Crippen LogP contribution in [0.25, 0.3) is 10.4 Å². The molecule has 1 fully saturated rings. The molecule has 0 aromatic heterocycles. The van der Waals surface area contributed by atoms with Crippen molar-refractivity contribution in [1.29, 1.82) is 0 Å². The molecular weight excluding hydrogens is 232 g/mol. The van der Waals surface area contributed by atoms with Gasteiger partial charge in [0.15, 0.2) is 0 Å². The van der Waals surface area contributed by atoms with E-state index in [0.717, 1.165) is 12.8 Å². The average Bonchev–Trinajstić information content (AvgIpc) is 2.34. The standard InChI is InChI=1S/C12H22N4O2/c1-9-5-3-6-12(10(9)2,11(17)18)14-7-4-8-15-16-13/h9-10,14H,3-8H2,1-2H3,(H,17,18). The molecule has 0 aromatic rings. The summed E-state index contributed by atoms with van der Waals surface area (Å²) in [5.41, 5.74) is 7.36. The highest BCUT2D eigenvalue weighted by Crippen LogP contribution is 2.37. The molecule has 3 unspecified atom stereocenters. The van der Waals surface area contributed by atoms with E-state index in [0.29, 0.717) is 31.8 Å². The van der Waals surface area contributed by atoms with Gasteiger partial charge in [-0.25, -0.2) is 0 Å². The molecule has 6 nitrogen and oxygen atoms in total. The number of carboxylic acids is 1. The number of hydrogen-bond acceptors (Lipinski definition) is 3. The monoisotopic (exact) mass is 254 g/mol. The summed E-state index contributed by atoms with van der Waals surface area (Å²) in [4.78, 5) is 14.3. The minimum atomic E-state index is -0.811. The molecule has 3 atom stereocenters. The maximum atomic E-state index is 11.6. The van der Waals surface area contributed by atoms with E-state index in [-0.39, 0.29) is 5.92 Å². The van der Waals surface area contributed by atoms with Crippen molar-refractivity contribution in [2.45, 2.75) is 45.1 Å². The maximum absolute atomic E-state index is 11.6. The van der Waals surface area contributed by atoms with Crippen LogP contribution < -0.4 is 5.32 Å². The van der Waals surface area contributed by atoms with Gasteiger partial charge in [0.1, 0.15) is 5.54 Å². The van der Waals surface area contributed by atoms with Crippen molar-refractivity contribution in [3.05, 3.63) is 10.4 Å². The van der Waals surface area contributed by atoms with Crippen molar-refractivity contribution in [3.8, 4) is 0 Å². The van der Waals surface area contributed by atoms with Gasteiger partial charge in [-0.1, -0.05) is 31.8 Å². The van der Waals surface area contributed by atoms with Crippen LogP contribution in [0.5, 0.6) is 0 Å². The van der Waals surface area contributed by atoms with Crippen LogP contribution in [0.4, 0.5) is 0 Å². The molecule has 0 spiro atoms. The number of nitrogens with one attached hydrogen (secondary N) is 1.